The Labute approximate surface area is 132 Å². The molecule has 0 N–H and O–H groups in total. The number of halogens is 1. The second kappa shape index (κ2) is 6.49. The summed E-state index contributed by atoms with van der Waals surface area (Å²) in [7, 11) is 1.76. The van der Waals surface area contributed by atoms with Crippen LogP contribution < -0.4 is 4.74 Å². The maximum absolute atomic E-state index is 6.24. The van der Waals surface area contributed by atoms with Gasteiger partial charge in [-0.1, -0.05) is 32.4 Å². The zero-order valence-corrected chi connectivity index (χ0v) is 14.3. The zero-order valence-electron chi connectivity index (χ0n) is 13.6. The fraction of sp³-hybridized carbons (Fsp3) is 0.750. The molecule has 1 aromatic rings. The summed E-state index contributed by atoms with van der Waals surface area (Å²) in [5.74, 6) is 1.33. The summed E-state index contributed by atoms with van der Waals surface area (Å²) in [4.78, 5) is 8.97. The van der Waals surface area contributed by atoms with Gasteiger partial charge in [-0.05, 0) is 26.2 Å². The van der Waals surface area contributed by atoms with E-state index in [2.05, 4.69) is 30.7 Å². The molecule has 1 aromatic heterocycles. The van der Waals surface area contributed by atoms with Crippen molar-refractivity contribution in [1.82, 2.24) is 9.97 Å². The third kappa shape index (κ3) is 4.07. The van der Waals surface area contributed by atoms with Crippen molar-refractivity contribution in [1.29, 1.82) is 0 Å². The molecule has 0 aliphatic heterocycles. The van der Waals surface area contributed by atoms with Gasteiger partial charge in [-0.15, -0.1) is 0 Å². The lowest BCUT2D eigenvalue weighted by Crippen LogP contribution is -2.30. The minimum Gasteiger partial charge on any atom is -0.474 e. The summed E-state index contributed by atoms with van der Waals surface area (Å²) in [6.07, 6.45) is 4.58. The van der Waals surface area contributed by atoms with Gasteiger partial charge in [0.2, 0.25) is 5.88 Å². The molecule has 21 heavy (non-hydrogen) atoms. The van der Waals surface area contributed by atoms with E-state index in [1.54, 1.807) is 7.11 Å². The predicted octanol–water partition coefficient (Wildman–Crippen LogP) is 4.07. The van der Waals surface area contributed by atoms with E-state index in [0.717, 1.165) is 31.2 Å². The normalized spacial score (nSPS) is 23.1. The van der Waals surface area contributed by atoms with Crippen LogP contribution in [-0.4, -0.2) is 29.3 Å². The van der Waals surface area contributed by atoms with Crippen LogP contribution in [0.3, 0.4) is 0 Å². The first-order chi connectivity index (χ1) is 9.81. The first-order valence-corrected chi connectivity index (χ1v) is 7.93. The SMILES string of the molecule is COC1CCCC(Oc2nc(C(C)(C)C)nc(Cl)c2C)C1. The van der Waals surface area contributed by atoms with E-state index in [4.69, 9.17) is 21.1 Å². The van der Waals surface area contributed by atoms with Crippen LogP contribution in [0.2, 0.25) is 5.15 Å². The second-order valence-corrected chi connectivity index (χ2v) is 7.14. The highest BCUT2D eigenvalue weighted by Crippen LogP contribution is 2.30. The molecule has 0 aromatic carbocycles. The highest BCUT2D eigenvalue weighted by atomic mass is 35.5. The number of nitrogens with zero attached hydrogens (tertiary/aromatic N) is 2. The number of methoxy groups -OCH3 is 1. The van der Waals surface area contributed by atoms with Crippen molar-refractivity contribution in [3.8, 4) is 5.88 Å². The van der Waals surface area contributed by atoms with E-state index in [1.807, 2.05) is 6.92 Å². The lowest BCUT2D eigenvalue weighted by atomic mass is 9.94. The monoisotopic (exact) mass is 312 g/mol. The fourth-order valence-corrected chi connectivity index (χ4v) is 2.66. The maximum Gasteiger partial charge on any atom is 0.221 e. The molecule has 5 heteroatoms. The second-order valence-electron chi connectivity index (χ2n) is 6.78. The molecule has 2 unspecified atom stereocenters. The van der Waals surface area contributed by atoms with Gasteiger partial charge in [-0.3, -0.25) is 0 Å². The van der Waals surface area contributed by atoms with Crippen molar-refractivity contribution in [2.75, 3.05) is 7.11 Å². The zero-order chi connectivity index (χ0) is 15.6. The Balaban J connectivity index is 2.21. The fourth-order valence-electron chi connectivity index (χ4n) is 2.50. The summed E-state index contributed by atoms with van der Waals surface area (Å²) in [5, 5.41) is 0.476. The number of hydrogen-bond acceptors (Lipinski definition) is 4. The molecule has 0 saturated heterocycles. The number of hydrogen-bond donors (Lipinski definition) is 0. The van der Waals surface area contributed by atoms with E-state index in [9.17, 15) is 0 Å². The minimum absolute atomic E-state index is 0.140. The van der Waals surface area contributed by atoms with Crippen molar-refractivity contribution >= 4 is 11.6 Å². The van der Waals surface area contributed by atoms with Crippen molar-refractivity contribution in [3.63, 3.8) is 0 Å². The molecule has 118 valence electrons. The van der Waals surface area contributed by atoms with E-state index < -0.39 is 0 Å². The number of rotatable bonds is 3. The number of aromatic nitrogens is 2. The van der Waals surface area contributed by atoms with Crippen LogP contribution >= 0.6 is 11.6 Å². The Kier molecular flexibility index (Phi) is 5.10. The summed E-state index contributed by atoms with van der Waals surface area (Å²) < 4.78 is 11.6. The van der Waals surface area contributed by atoms with E-state index in [1.165, 1.54) is 0 Å². The molecule has 0 amide bonds. The molecule has 0 spiro atoms. The van der Waals surface area contributed by atoms with Crippen LogP contribution in [-0.2, 0) is 10.2 Å². The minimum atomic E-state index is -0.156. The van der Waals surface area contributed by atoms with E-state index >= 15 is 0 Å². The molecular weight excluding hydrogens is 288 g/mol. The van der Waals surface area contributed by atoms with Crippen molar-refractivity contribution in [2.24, 2.45) is 0 Å². The molecule has 1 heterocycles. The van der Waals surface area contributed by atoms with Crippen molar-refractivity contribution in [2.45, 2.75) is 71.0 Å². The Morgan fingerprint density at radius 3 is 2.43 bits per heavy atom. The largest absolute Gasteiger partial charge is 0.474 e. The summed E-state index contributed by atoms with van der Waals surface area (Å²) in [5.41, 5.74) is 0.654. The smallest absolute Gasteiger partial charge is 0.221 e. The van der Waals surface area contributed by atoms with Gasteiger partial charge in [0.25, 0.3) is 0 Å². The summed E-state index contributed by atoms with van der Waals surface area (Å²) >= 11 is 6.24. The van der Waals surface area contributed by atoms with E-state index in [0.29, 0.717) is 16.9 Å². The molecule has 0 bridgehead atoms. The van der Waals surface area contributed by atoms with Gasteiger partial charge in [0.1, 0.15) is 17.1 Å². The highest BCUT2D eigenvalue weighted by molar-refractivity contribution is 6.30. The quantitative estimate of drug-likeness (QED) is 0.789. The molecule has 1 saturated carbocycles. The van der Waals surface area contributed by atoms with Crippen LogP contribution in [0.1, 0.15) is 57.8 Å². The molecule has 4 nitrogen and oxygen atoms in total. The standard InChI is InChI=1S/C16H25ClN2O2/c1-10-13(17)18-15(16(2,3)4)19-14(10)21-12-8-6-7-11(9-12)20-5/h11-12H,6-9H2,1-5H3. The van der Waals surface area contributed by atoms with E-state index in [-0.39, 0.29) is 17.6 Å². The Morgan fingerprint density at radius 2 is 1.81 bits per heavy atom. The number of ether oxygens (including phenoxy) is 2. The molecule has 1 aliphatic carbocycles. The molecular formula is C16H25ClN2O2. The van der Waals surface area contributed by atoms with Gasteiger partial charge in [0.05, 0.1) is 6.10 Å². The maximum atomic E-state index is 6.24. The predicted molar refractivity (Wildman–Crippen MR) is 84.2 cm³/mol. The van der Waals surface area contributed by atoms with Gasteiger partial charge in [-0.25, -0.2) is 4.98 Å². The van der Waals surface area contributed by atoms with Gasteiger partial charge >= 0.3 is 0 Å². The van der Waals surface area contributed by atoms with Crippen molar-refractivity contribution in [3.05, 3.63) is 16.5 Å². The first kappa shape index (κ1) is 16.5. The third-order valence-electron chi connectivity index (χ3n) is 3.90. The molecule has 0 radical (unpaired) electrons. The van der Waals surface area contributed by atoms with Crippen LogP contribution in [0.15, 0.2) is 0 Å². The van der Waals surface area contributed by atoms with Gasteiger partial charge < -0.3 is 9.47 Å². The van der Waals surface area contributed by atoms with Gasteiger partial charge in [-0.2, -0.15) is 4.98 Å². The third-order valence-corrected chi connectivity index (χ3v) is 4.27. The summed E-state index contributed by atoms with van der Waals surface area (Å²) in [6.45, 7) is 8.11. The van der Waals surface area contributed by atoms with Crippen molar-refractivity contribution < 1.29 is 9.47 Å². The highest BCUT2D eigenvalue weighted by Gasteiger charge is 2.26. The molecule has 1 aliphatic rings. The van der Waals surface area contributed by atoms with Gasteiger partial charge in [0, 0.05) is 24.5 Å². The molecule has 2 atom stereocenters. The molecule has 2 rings (SSSR count). The average Bonchev–Trinajstić information content (AvgIpc) is 2.42. The Bertz CT molecular complexity index is 500. The average molecular weight is 313 g/mol. The van der Waals surface area contributed by atoms with Crippen LogP contribution in [0, 0.1) is 6.92 Å². The Hall–Kier alpha value is -0.870. The lowest BCUT2D eigenvalue weighted by molar-refractivity contribution is 0.0191. The summed E-state index contributed by atoms with van der Waals surface area (Å²) in [6, 6.07) is 0. The Morgan fingerprint density at radius 1 is 1.14 bits per heavy atom. The lowest BCUT2D eigenvalue weighted by Gasteiger charge is -2.29. The van der Waals surface area contributed by atoms with Crippen LogP contribution in [0.5, 0.6) is 5.88 Å². The van der Waals surface area contributed by atoms with Crippen LogP contribution in [0.4, 0.5) is 0 Å². The van der Waals surface area contributed by atoms with Gasteiger partial charge in [0.15, 0.2) is 0 Å². The molecule has 1 fully saturated rings. The van der Waals surface area contributed by atoms with Crippen LogP contribution in [0.25, 0.3) is 0 Å². The topological polar surface area (TPSA) is 44.2 Å². The first-order valence-electron chi connectivity index (χ1n) is 7.55.